The Morgan fingerprint density at radius 3 is 2.56 bits per heavy atom. The Balaban J connectivity index is 1.90. The number of carbonyl (C=O) groups is 2. The van der Waals surface area contributed by atoms with Gasteiger partial charge < -0.3 is 15.2 Å². The number of rotatable bonds is 6. The second kappa shape index (κ2) is 9.80. The molecule has 0 heterocycles. The van der Waals surface area contributed by atoms with Gasteiger partial charge in [-0.3, -0.25) is 9.59 Å². The van der Waals surface area contributed by atoms with Gasteiger partial charge in [0, 0.05) is 11.6 Å². The Morgan fingerprint density at radius 1 is 1.19 bits per heavy atom. The number of ether oxygens (including phenoxy) is 1. The first-order chi connectivity index (χ1) is 12.9. The van der Waals surface area contributed by atoms with E-state index in [1.54, 1.807) is 31.2 Å². The van der Waals surface area contributed by atoms with Crippen molar-refractivity contribution in [2.75, 3.05) is 6.61 Å². The zero-order valence-electron chi connectivity index (χ0n) is 14.3. The summed E-state index contributed by atoms with van der Waals surface area (Å²) < 4.78 is 5.25. The maximum absolute atomic E-state index is 11.8. The van der Waals surface area contributed by atoms with Crippen molar-refractivity contribution >= 4 is 41.2 Å². The molecule has 9 heteroatoms. The predicted molar refractivity (Wildman–Crippen MR) is 103 cm³/mol. The highest BCUT2D eigenvalue weighted by Gasteiger charge is 2.12. The normalized spacial score (nSPS) is 10.6. The second-order valence-corrected chi connectivity index (χ2v) is 6.13. The summed E-state index contributed by atoms with van der Waals surface area (Å²) >= 11 is 11.7. The van der Waals surface area contributed by atoms with Crippen LogP contribution >= 0.6 is 23.2 Å². The maximum atomic E-state index is 11.8. The number of hydrazone groups is 1. The molecule has 0 spiro atoms. The number of aromatic hydroxyl groups is 1. The first-order valence-electron chi connectivity index (χ1n) is 7.91. The van der Waals surface area contributed by atoms with E-state index < -0.39 is 11.8 Å². The number of nitrogens with zero attached hydrogens (tertiary/aromatic N) is 1. The summed E-state index contributed by atoms with van der Waals surface area (Å²) in [7, 11) is 0. The smallest absolute Gasteiger partial charge is 0.329 e. The zero-order valence-corrected chi connectivity index (χ0v) is 15.8. The third-order valence-corrected chi connectivity index (χ3v) is 3.84. The lowest BCUT2D eigenvalue weighted by Gasteiger charge is -2.08. The molecule has 2 amide bonds. The van der Waals surface area contributed by atoms with Gasteiger partial charge in [-0.05, 0) is 42.3 Å². The van der Waals surface area contributed by atoms with E-state index in [4.69, 9.17) is 27.9 Å². The van der Waals surface area contributed by atoms with E-state index in [2.05, 4.69) is 15.8 Å². The van der Waals surface area contributed by atoms with Crippen molar-refractivity contribution in [1.82, 2.24) is 10.7 Å². The molecule has 27 heavy (non-hydrogen) atoms. The molecule has 0 saturated heterocycles. The molecule has 2 rings (SSSR count). The number of benzene rings is 2. The summed E-state index contributed by atoms with van der Waals surface area (Å²) in [5.74, 6) is -1.74. The van der Waals surface area contributed by atoms with E-state index in [9.17, 15) is 14.7 Å². The minimum Gasteiger partial charge on any atom is -0.503 e. The number of halogens is 2. The lowest BCUT2D eigenvalue weighted by molar-refractivity contribution is -0.139. The van der Waals surface area contributed by atoms with Crippen molar-refractivity contribution in [2.24, 2.45) is 5.10 Å². The fourth-order valence-electron chi connectivity index (χ4n) is 2.01. The van der Waals surface area contributed by atoms with Crippen molar-refractivity contribution in [3.05, 3.63) is 57.6 Å². The molecular formula is C18H17Cl2N3O4. The van der Waals surface area contributed by atoms with Crippen LogP contribution in [0.2, 0.25) is 10.0 Å². The second-order valence-electron chi connectivity index (χ2n) is 5.29. The van der Waals surface area contributed by atoms with Crippen molar-refractivity contribution < 1.29 is 19.4 Å². The average molecular weight is 410 g/mol. The molecule has 0 bridgehead atoms. The number of nitrogens with one attached hydrogen (secondary N) is 2. The molecule has 0 atom stereocenters. The van der Waals surface area contributed by atoms with Crippen LogP contribution in [-0.4, -0.2) is 29.7 Å². The number of hydrogen-bond donors (Lipinski definition) is 3. The summed E-state index contributed by atoms with van der Waals surface area (Å²) in [6, 6.07) is 9.79. The predicted octanol–water partition coefficient (Wildman–Crippen LogP) is 2.86. The monoisotopic (exact) mass is 409 g/mol. The van der Waals surface area contributed by atoms with Crippen LogP contribution in [0.5, 0.6) is 11.5 Å². The molecule has 0 fully saturated rings. The Kier molecular flexibility index (Phi) is 7.45. The highest BCUT2D eigenvalue weighted by molar-refractivity contribution is 6.35. The average Bonchev–Trinajstić information content (AvgIpc) is 2.65. The topological polar surface area (TPSA) is 100 Å². The molecule has 0 aromatic heterocycles. The lowest BCUT2D eigenvalue weighted by atomic mass is 10.2. The van der Waals surface area contributed by atoms with Crippen molar-refractivity contribution in [1.29, 1.82) is 0 Å². The molecule has 0 unspecified atom stereocenters. The molecule has 142 valence electrons. The summed E-state index contributed by atoms with van der Waals surface area (Å²) in [6.45, 7) is 2.28. The van der Waals surface area contributed by atoms with Crippen LogP contribution in [0.1, 0.15) is 18.1 Å². The van der Waals surface area contributed by atoms with Gasteiger partial charge in [-0.2, -0.15) is 5.10 Å². The molecule has 2 aromatic rings. The Bertz CT molecular complexity index is 854. The van der Waals surface area contributed by atoms with Gasteiger partial charge in [0.2, 0.25) is 0 Å². The lowest BCUT2D eigenvalue weighted by Crippen LogP contribution is -2.37. The molecule has 0 aliphatic heterocycles. The standard InChI is InChI=1S/C18H17Cl2N3O4/c1-2-27-15-8-12(7-14(20)16(15)24)10-22-23-18(26)17(25)21-9-11-3-5-13(19)6-4-11/h3-8,10,24H,2,9H2,1H3,(H,21,25)(H,23,26)/b22-10+. The van der Waals surface area contributed by atoms with Crippen molar-refractivity contribution in [2.45, 2.75) is 13.5 Å². The van der Waals surface area contributed by atoms with E-state index in [1.807, 2.05) is 0 Å². The molecule has 0 aliphatic carbocycles. The van der Waals surface area contributed by atoms with Gasteiger partial charge in [-0.25, -0.2) is 5.43 Å². The first kappa shape index (κ1) is 20.5. The van der Waals surface area contributed by atoms with Gasteiger partial charge in [0.05, 0.1) is 17.8 Å². The first-order valence-corrected chi connectivity index (χ1v) is 8.67. The minimum absolute atomic E-state index is 0.0782. The largest absolute Gasteiger partial charge is 0.503 e. The molecule has 0 radical (unpaired) electrons. The van der Waals surface area contributed by atoms with Crippen LogP contribution in [0, 0.1) is 0 Å². The van der Waals surface area contributed by atoms with Gasteiger partial charge in [0.25, 0.3) is 0 Å². The highest BCUT2D eigenvalue weighted by atomic mass is 35.5. The molecule has 7 nitrogen and oxygen atoms in total. The fraction of sp³-hybridized carbons (Fsp3) is 0.167. The number of carbonyl (C=O) groups excluding carboxylic acids is 2. The highest BCUT2D eigenvalue weighted by Crippen LogP contribution is 2.34. The van der Waals surface area contributed by atoms with Crippen LogP contribution < -0.4 is 15.5 Å². The molecular weight excluding hydrogens is 393 g/mol. The summed E-state index contributed by atoms with van der Waals surface area (Å²) in [4.78, 5) is 23.5. The summed E-state index contributed by atoms with van der Waals surface area (Å²) in [5, 5.41) is 16.6. The maximum Gasteiger partial charge on any atom is 0.329 e. The van der Waals surface area contributed by atoms with E-state index >= 15 is 0 Å². The van der Waals surface area contributed by atoms with Gasteiger partial charge >= 0.3 is 11.8 Å². The van der Waals surface area contributed by atoms with Crippen LogP contribution in [0.15, 0.2) is 41.5 Å². The van der Waals surface area contributed by atoms with Crippen LogP contribution in [0.3, 0.4) is 0 Å². The minimum atomic E-state index is -0.921. The third kappa shape index (κ3) is 6.16. The van der Waals surface area contributed by atoms with Gasteiger partial charge in [-0.15, -0.1) is 0 Å². The van der Waals surface area contributed by atoms with E-state index in [0.29, 0.717) is 17.2 Å². The van der Waals surface area contributed by atoms with Gasteiger partial charge in [0.1, 0.15) is 0 Å². The van der Waals surface area contributed by atoms with E-state index in [0.717, 1.165) is 5.56 Å². The van der Waals surface area contributed by atoms with Crippen molar-refractivity contribution in [3.63, 3.8) is 0 Å². The number of phenols is 1. The van der Waals surface area contributed by atoms with Crippen LogP contribution in [0.4, 0.5) is 0 Å². The summed E-state index contributed by atoms with van der Waals surface area (Å²) in [6.07, 6.45) is 1.28. The van der Waals surface area contributed by atoms with E-state index in [-0.39, 0.29) is 23.1 Å². The number of phenolic OH excluding ortho intramolecular Hbond substituents is 1. The summed E-state index contributed by atoms with van der Waals surface area (Å²) in [5.41, 5.74) is 3.39. The van der Waals surface area contributed by atoms with E-state index in [1.165, 1.54) is 18.3 Å². The zero-order chi connectivity index (χ0) is 19.8. The Morgan fingerprint density at radius 2 is 1.89 bits per heavy atom. The fourth-order valence-corrected chi connectivity index (χ4v) is 2.36. The number of amides is 2. The molecule has 3 N–H and O–H groups in total. The molecule has 0 aliphatic rings. The quantitative estimate of drug-likeness (QED) is 0.387. The van der Waals surface area contributed by atoms with Gasteiger partial charge in [-0.1, -0.05) is 35.3 Å². The SMILES string of the molecule is CCOc1cc(/C=N/NC(=O)C(=O)NCc2ccc(Cl)cc2)cc(Cl)c1O. The van der Waals surface area contributed by atoms with Gasteiger partial charge in [0.15, 0.2) is 11.5 Å². The van der Waals surface area contributed by atoms with Crippen LogP contribution in [-0.2, 0) is 16.1 Å². The Hall–Kier alpha value is -2.77. The van der Waals surface area contributed by atoms with Crippen molar-refractivity contribution in [3.8, 4) is 11.5 Å². The molecule has 0 saturated carbocycles. The number of hydrogen-bond acceptors (Lipinski definition) is 5. The Labute approximate surface area is 165 Å². The molecule has 2 aromatic carbocycles. The van der Waals surface area contributed by atoms with Crippen LogP contribution in [0.25, 0.3) is 0 Å². The third-order valence-electron chi connectivity index (χ3n) is 3.30.